The molecule has 12 N–H and O–H groups in total. The van der Waals surface area contributed by atoms with Crippen LogP contribution in [0.25, 0.3) is 0 Å². The maximum Gasteiger partial charge on any atom is 0.309 e. The fourth-order valence-electron chi connectivity index (χ4n) is 9.40. The lowest BCUT2D eigenvalue weighted by Gasteiger charge is -2.23. The van der Waals surface area contributed by atoms with E-state index < -0.39 is 72.6 Å². The van der Waals surface area contributed by atoms with E-state index >= 15 is 0 Å². The Morgan fingerprint density at radius 2 is 0.755 bits per heavy atom. The van der Waals surface area contributed by atoms with Gasteiger partial charge in [-0.15, -0.1) is 0 Å². The van der Waals surface area contributed by atoms with Crippen molar-refractivity contribution >= 4 is 117 Å². The average Bonchev–Trinajstić information content (AvgIpc) is 0.872. The van der Waals surface area contributed by atoms with Crippen molar-refractivity contribution in [3.05, 3.63) is 116 Å². The molecule has 4 rings (SSSR count). The van der Waals surface area contributed by atoms with Crippen LogP contribution in [-0.4, -0.2) is 184 Å². The van der Waals surface area contributed by atoms with Crippen LogP contribution in [0.15, 0.2) is 85.2 Å². The van der Waals surface area contributed by atoms with Crippen molar-refractivity contribution in [2.45, 2.75) is 127 Å². The van der Waals surface area contributed by atoms with Crippen LogP contribution >= 0.6 is 46.4 Å². The molecule has 2 heterocycles. The lowest BCUT2D eigenvalue weighted by molar-refractivity contribution is -0.139. The molecule has 8 amide bonds. The average molecular weight is 1450 g/mol. The number of rotatable bonds is 52. The summed E-state index contributed by atoms with van der Waals surface area (Å²) >= 11 is 24.7. The predicted octanol–water partition coefficient (Wildman–Crippen LogP) is 6.24. The number of ether oxygens (including phenoxy) is 4. The second kappa shape index (κ2) is 49.5. The minimum atomic E-state index is -1.17. The van der Waals surface area contributed by atoms with Crippen molar-refractivity contribution in [3.8, 4) is 0 Å². The number of nitrogens with zero attached hydrogens (tertiary/aromatic N) is 2. The van der Waals surface area contributed by atoms with Crippen LogP contribution < -0.4 is 53.2 Å². The van der Waals surface area contributed by atoms with Gasteiger partial charge in [0.25, 0.3) is 0 Å². The molecule has 0 radical (unpaired) electrons. The Hall–Kier alpha value is -7.96. The van der Waals surface area contributed by atoms with Gasteiger partial charge in [-0.3, -0.25) is 47.9 Å². The van der Waals surface area contributed by atoms with Crippen LogP contribution in [0, 0.1) is 0 Å². The molecule has 0 spiro atoms. The number of amides is 8. The smallest absolute Gasteiger partial charge is 0.309 e. The Bertz CT molecular complexity index is 2870. The van der Waals surface area contributed by atoms with Gasteiger partial charge in [-0.1, -0.05) is 58.5 Å². The van der Waals surface area contributed by atoms with Crippen molar-refractivity contribution < 1.29 is 77.1 Å². The predicted molar refractivity (Wildman–Crippen MR) is 368 cm³/mol. The molecule has 28 nitrogen and oxygen atoms in total. The van der Waals surface area contributed by atoms with Crippen LogP contribution in [0.5, 0.6) is 0 Å². The second-order valence-electron chi connectivity index (χ2n) is 22.3. The van der Waals surface area contributed by atoms with Gasteiger partial charge in [0.2, 0.25) is 35.4 Å². The molecule has 4 aromatic rings. The van der Waals surface area contributed by atoms with Crippen LogP contribution in [0.3, 0.4) is 0 Å². The summed E-state index contributed by atoms with van der Waals surface area (Å²) in [6, 6.07) is 16.0. The summed E-state index contributed by atoms with van der Waals surface area (Å²) in [5.41, 5.74) is 0.771. The van der Waals surface area contributed by atoms with Gasteiger partial charge < -0.3 is 82.3 Å². The SMILES string of the molecule is O=C(O)CC(NC(=O)C(CCCCNC(=O)CCOCCOCCNC(=O)C(=O)NCCOCCOCCC(=O)NCCCCC(NC(=O)CCCCNc1ccccn1)C(=O)NC(CC(=O)O)c1cc(Cl)cc(Cl)c1)NC(=O)CCCCNc1ccccn1)c1cc(Cl)cc(Cl)c1. The molecule has 538 valence electrons. The molecule has 2 aromatic heterocycles. The van der Waals surface area contributed by atoms with Crippen molar-refractivity contribution in [2.75, 3.05) is 103 Å². The first-order valence-corrected chi connectivity index (χ1v) is 34.0. The summed E-state index contributed by atoms with van der Waals surface area (Å²) < 4.78 is 21.9. The molecule has 0 bridgehead atoms. The van der Waals surface area contributed by atoms with E-state index in [-0.39, 0.29) is 161 Å². The van der Waals surface area contributed by atoms with E-state index in [1.807, 2.05) is 36.4 Å². The maximum absolute atomic E-state index is 13.7. The Morgan fingerprint density at radius 1 is 0.388 bits per heavy atom. The first kappa shape index (κ1) is 82.5. The highest BCUT2D eigenvalue weighted by atomic mass is 35.5. The van der Waals surface area contributed by atoms with Crippen molar-refractivity contribution in [3.63, 3.8) is 0 Å². The Kier molecular flexibility index (Phi) is 41.7. The molecule has 98 heavy (non-hydrogen) atoms. The molecule has 0 aliphatic rings. The van der Waals surface area contributed by atoms with E-state index in [0.717, 1.165) is 0 Å². The number of hydrogen-bond acceptors (Lipinski definition) is 18. The summed E-state index contributed by atoms with van der Waals surface area (Å²) in [5, 5.41) is 48.2. The lowest BCUT2D eigenvalue weighted by Crippen LogP contribution is -2.48. The second-order valence-corrected chi connectivity index (χ2v) is 24.1. The number of carboxylic acid groups (broad SMARTS) is 2. The standard InChI is InChI=1S/C66H90Cl4N12O16/c67-47-37-45(38-48(68)41-47)53(43-61(87)88)81-63(91)51(79-59(85)17-5-11-23-73-55-15-3-9-21-71-55)13-1-7-25-75-57(83)19-29-95-33-35-97-31-27-77-65(93)66(94)78-28-32-98-36-34-96-30-20-58(84)76-26-8-2-14-52(80-60(86)18-6-12-24-74-56-16-4-10-22-72-56)64(92)82-54(44-62(89)90)46-39-49(69)42-50(70)40-46/h3-4,9-10,15-16,21-22,37-42,51-54H,1-2,5-8,11-14,17-20,23-36,43-44H2,(H,71,73)(H,72,74)(H,75,83)(H,76,84)(H,77,93)(H,78,94)(H,79,85)(H,80,86)(H,81,91)(H,82,92)(H,87,88)(H,89,90). The van der Waals surface area contributed by atoms with Crippen LogP contribution in [0.4, 0.5) is 11.6 Å². The monoisotopic (exact) mass is 1450 g/mol. The normalized spacial score (nSPS) is 12.2. The first-order chi connectivity index (χ1) is 47.2. The number of hydrogen-bond donors (Lipinski definition) is 12. The number of carbonyl (C=O) groups excluding carboxylic acids is 8. The largest absolute Gasteiger partial charge is 0.481 e. The number of carbonyl (C=O) groups is 10. The molecule has 0 aliphatic carbocycles. The topological polar surface area (TPSA) is 394 Å². The van der Waals surface area contributed by atoms with Gasteiger partial charge in [-0.25, -0.2) is 9.97 Å². The quantitative estimate of drug-likeness (QED) is 0.0172. The molecule has 0 aliphatic heterocycles. The third-order valence-electron chi connectivity index (χ3n) is 14.3. The van der Waals surface area contributed by atoms with Crippen LogP contribution in [0.2, 0.25) is 20.1 Å². The molecule has 0 saturated carbocycles. The minimum Gasteiger partial charge on any atom is -0.481 e. The van der Waals surface area contributed by atoms with Gasteiger partial charge >= 0.3 is 23.8 Å². The number of halogens is 4. The highest BCUT2D eigenvalue weighted by molar-refractivity contribution is 6.35. The number of benzene rings is 2. The van der Waals surface area contributed by atoms with E-state index in [2.05, 4.69) is 63.1 Å². The van der Waals surface area contributed by atoms with Crippen LogP contribution in [0.1, 0.15) is 126 Å². The van der Waals surface area contributed by atoms with E-state index in [1.165, 1.54) is 36.4 Å². The molecule has 0 fully saturated rings. The molecular formula is C66H90Cl4N12O16. The number of anilines is 2. The first-order valence-electron chi connectivity index (χ1n) is 32.5. The van der Waals surface area contributed by atoms with Crippen molar-refractivity contribution in [1.29, 1.82) is 0 Å². The van der Waals surface area contributed by atoms with Gasteiger partial charge in [0.05, 0.1) is 77.8 Å². The zero-order valence-electron chi connectivity index (χ0n) is 54.6. The zero-order chi connectivity index (χ0) is 71.1. The molecule has 2 aromatic carbocycles. The summed E-state index contributed by atoms with van der Waals surface area (Å²) in [7, 11) is 0. The number of aromatic nitrogens is 2. The molecule has 0 saturated heterocycles. The zero-order valence-corrected chi connectivity index (χ0v) is 57.6. The highest BCUT2D eigenvalue weighted by Gasteiger charge is 2.28. The fraction of sp³-hybridized carbons (Fsp3) is 0.515. The number of unbranched alkanes of at least 4 members (excludes halogenated alkanes) is 4. The number of pyridine rings is 2. The summed E-state index contributed by atoms with van der Waals surface area (Å²) in [5.74, 6) is -5.05. The fourth-order valence-corrected chi connectivity index (χ4v) is 10.5. The van der Waals surface area contributed by atoms with E-state index in [0.29, 0.717) is 87.2 Å². The third kappa shape index (κ3) is 38.3. The van der Waals surface area contributed by atoms with Gasteiger partial charge in [0.15, 0.2) is 0 Å². The van der Waals surface area contributed by atoms with Gasteiger partial charge in [0, 0.05) is 97.4 Å². The third-order valence-corrected chi connectivity index (χ3v) is 15.2. The Labute approximate surface area is 589 Å². The van der Waals surface area contributed by atoms with E-state index in [1.54, 1.807) is 12.4 Å². The molecule has 32 heteroatoms. The number of carboxylic acids is 2. The van der Waals surface area contributed by atoms with E-state index in [9.17, 15) is 58.2 Å². The summed E-state index contributed by atoms with van der Waals surface area (Å²) in [4.78, 5) is 135. The highest BCUT2D eigenvalue weighted by Crippen LogP contribution is 2.28. The summed E-state index contributed by atoms with van der Waals surface area (Å²) in [6.45, 7) is 2.88. The van der Waals surface area contributed by atoms with Crippen LogP contribution in [-0.2, 0) is 66.9 Å². The van der Waals surface area contributed by atoms with Crippen molar-refractivity contribution in [1.82, 2.24) is 52.5 Å². The van der Waals surface area contributed by atoms with Crippen molar-refractivity contribution in [2.24, 2.45) is 0 Å². The Balaban J connectivity index is 1.00. The van der Waals surface area contributed by atoms with Gasteiger partial charge in [-0.05, 0) is 136 Å². The maximum atomic E-state index is 13.7. The minimum absolute atomic E-state index is 0.0478. The molecule has 4 atom stereocenters. The molecule has 4 unspecified atom stereocenters. The number of aliphatic carboxylic acids is 2. The van der Waals surface area contributed by atoms with E-state index in [4.69, 9.17) is 65.4 Å². The van der Waals surface area contributed by atoms with Gasteiger partial charge in [0.1, 0.15) is 23.7 Å². The Morgan fingerprint density at radius 3 is 1.11 bits per heavy atom. The van der Waals surface area contributed by atoms with Gasteiger partial charge in [-0.2, -0.15) is 0 Å². The number of nitrogens with one attached hydrogen (secondary N) is 10. The summed E-state index contributed by atoms with van der Waals surface area (Å²) in [6.07, 6.45) is 7.41. The lowest BCUT2D eigenvalue weighted by atomic mass is 10.0. The molecular weight excluding hydrogens is 1360 g/mol.